The van der Waals surface area contributed by atoms with Crippen molar-refractivity contribution in [1.29, 1.82) is 0 Å². The fraction of sp³-hybridized carbons (Fsp3) is 0.520. The third-order valence-corrected chi connectivity index (χ3v) is 6.60. The molecular weight excluding hydrogens is 381 g/mol. The largest absolute Gasteiger partial charge is 0.493 e. The van der Waals surface area contributed by atoms with Gasteiger partial charge in [-0.15, -0.1) is 0 Å². The predicted octanol–water partition coefficient (Wildman–Crippen LogP) is 4.21. The molecule has 0 amide bonds. The summed E-state index contributed by atoms with van der Waals surface area (Å²) in [6, 6.07) is 13.2. The van der Waals surface area contributed by atoms with Crippen molar-refractivity contribution in [2.24, 2.45) is 0 Å². The molecule has 0 aliphatic carbocycles. The van der Waals surface area contributed by atoms with Gasteiger partial charge in [0.2, 0.25) is 0 Å². The molecule has 2 atom stereocenters. The Hall–Kier alpha value is -2.11. The first kappa shape index (κ1) is 22.6. The molecule has 5 heteroatoms. The van der Waals surface area contributed by atoms with Crippen molar-refractivity contribution in [3.8, 4) is 11.5 Å². The molecule has 2 aromatic rings. The van der Waals surface area contributed by atoms with Crippen LogP contribution in [-0.4, -0.2) is 33.0 Å². The summed E-state index contributed by atoms with van der Waals surface area (Å²) in [5, 5.41) is 2.34. The van der Waals surface area contributed by atoms with E-state index in [-0.39, 0.29) is 16.8 Å². The standard InChI is InChI=1S/C25H34FNO3/c1-5-24(2)18-25(13-15-30-24,20-7-9-21(26)10-8-20)12-14-27-17-19-6-11-22(28-3)23(16-19)29-4/h6-11,16,27H,5,12-15,17-18H2,1-4H3/p+1/t24-,25+/m0/s1. The van der Waals surface area contributed by atoms with Crippen LogP contribution in [0.3, 0.4) is 0 Å². The number of methoxy groups -OCH3 is 2. The minimum atomic E-state index is -0.181. The number of hydrogen-bond acceptors (Lipinski definition) is 3. The van der Waals surface area contributed by atoms with Crippen molar-refractivity contribution in [3.63, 3.8) is 0 Å². The second kappa shape index (κ2) is 9.80. The number of ether oxygens (including phenoxy) is 3. The fourth-order valence-electron chi connectivity index (χ4n) is 4.64. The summed E-state index contributed by atoms with van der Waals surface area (Å²) >= 11 is 0. The molecule has 1 fully saturated rings. The lowest BCUT2D eigenvalue weighted by Crippen LogP contribution is -2.83. The Morgan fingerprint density at radius 2 is 1.80 bits per heavy atom. The number of nitrogens with two attached hydrogens (primary N) is 1. The molecule has 2 N–H and O–H groups in total. The third kappa shape index (κ3) is 5.13. The maximum atomic E-state index is 13.6. The summed E-state index contributed by atoms with van der Waals surface area (Å²) in [6.45, 7) is 7.01. The highest BCUT2D eigenvalue weighted by atomic mass is 19.1. The van der Waals surface area contributed by atoms with E-state index in [1.54, 1.807) is 26.4 Å². The van der Waals surface area contributed by atoms with Crippen LogP contribution in [-0.2, 0) is 16.7 Å². The Morgan fingerprint density at radius 3 is 2.47 bits per heavy atom. The average molecular weight is 417 g/mol. The highest BCUT2D eigenvalue weighted by Crippen LogP contribution is 2.45. The van der Waals surface area contributed by atoms with Crippen LogP contribution >= 0.6 is 0 Å². The van der Waals surface area contributed by atoms with E-state index in [2.05, 4.69) is 25.2 Å². The molecule has 0 radical (unpaired) electrons. The lowest BCUT2D eigenvalue weighted by atomic mass is 9.66. The van der Waals surface area contributed by atoms with Gasteiger partial charge in [0, 0.05) is 24.0 Å². The normalized spacial score (nSPS) is 23.9. The van der Waals surface area contributed by atoms with Gasteiger partial charge in [0.25, 0.3) is 0 Å². The van der Waals surface area contributed by atoms with Crippen LogP contribution in [0.15, 0.2) is 42.5 Å². The molecule has 164 valence electrons. The highest BCUT2D eigenvalue weighted by molar-refractivity contribution is 5.42. The van der Waals surface area contributed by atoms with Crippen molar-refractivity contribution < 1.29 is 23.9 Å². The van der Waals surface area contributed by atoms with Gasteiger partial charge in [-0.2, -0.15) is 0 Å². The lowest BCUT2D eigenvalue weighted by molar-refractivity contribution is -0.672. The van der Waals surface area contributed by atoms with Gasteiger partial charge in [-0.3, -0.25) is 0 Å². The molecule has 0 saturated carbocycles. The van der Waals surface area contributed by atoms with E-state index in [4.69, 9.17) is 14.2 Å². The number of rotatable bonds is 9. The van der Waals surface area contributed by atoms with Crippen LogP contribution in [0.4, 0.5) is 4.39 Å². The summed E-state index contributed by atoms with van der Waals surface area (Å²) in [5.41, 5.74) is 2.32. The van der Waals surface area contributed by atoms with Crippen LogP contribution in [0.25, 0.3) is 0 Å². The minimum Gasteiger partial charge on any atom is -0.493 e. The minimum absolute atomic E-state index is 0.0187. The second-order valence-corrected chi connectivity index (χ2v) is 8.59. The van der Waals surface area contributed by atoms with Gasteiger partial charge in [-0.25, -0.2) is 4.39 Å². The van der Waals surface area contributed by atoms with Gasteiger partial charge in [0.15, 0.2) is 11.5 Å². The van der Waals surface area contributed by atoms with Crippen LogP contribution < -0.4 is 14.8 Å². The first-order valence-corrected chi connectivity index (χ1v) is 10.9. The maximum absolute atomic E-state index is 13.6. The summed E-state index contributed by atoms with van der Waals surface area (Å²) in [7, 11) is 3.31. The van der Waals surface area contributed by atoms with Crippen LogP contribution in [0, 0.1) is 5.82 Å². The Morgan fingerprint density at radius 1 is 1.07 bits per heavy atom. The number of quaternary nitrogens is 1. The van der Waals surface area contributed by atoms with E-state index in [9.17, 15) is 4.39 Å². The van der Waals surface area contributed by atoms with Gasteiger partial charge in [0.05, 0.1) is 26.4 Å². The molecule has 0 bridgehead atoms. The zero-order valence-corrected chi connectivity index (χ0v) is 18.7. The lowest BCUT2D eigenvalue weighted by Gasteiger charge is -2.46. The predicted molar refractivity (Wildman–Crippen MR) is 117 cm³/mol. The summed E-state index contributed by atoms with van der Waals surface area (Å²) in [4.78, 5) is 0. The quantitative estimate of drug-likeness (QED) is 0.623. The zero-order chi connectivity index (χ0) is 21.6. The van der Waals surface area contributed by atoms with Crippen LogP contribution in [0.5, 0.6) is 11.5 Å². The van der Waals surface area contributed by atoms with Gasteiger partial charge in [-0.05, 0) is 62.1 Å². The molecule has 0 aromatic heterocycles. The van der Waals surface area contributed by atoms with E-state index in [1.165, 1.54) is 11.1 Å². The van der Waals surface area contributed by atoms with Crippen molar-refractivity contribution in [3.05, 3.63) is 59.4 Å². The van der Waals surface area contributed by atoms with Crippen LogP contribution in [0.1, 0.15) is 50.7 Å². The highest BCUT2D eigenvalue weighted by Gasteiger charge is 2.43. The van der Waals surface area contributed by atoms with Crippen molar-refractivity contribution >= 4 is 0 Å². The van der Waals surface area contributed by atoms with E-state index >= 15 is 0 Å². The molecular formula is C25H35FNO3+. The summed E-state index contributed by atoms with van der Waals surface area (Å²) in [5.74, 6) is 1.33. The molecule has 3 rings (SSSR count). The molecule has 0 unspecified atom stereocenters. The molecule has 30 heavy (non-hydrogen) atoms. The summed E-state index contributed by atoms with van der Waals surface area (Å²) < 4.78 is 30.4. The fourth-order valence-corrected chi connectivity index (χ4v) is 4.64. The monoisotopic (exact) mass is 416 g/mol. The van der Waals surface area contributed by atoms with Gasteiger partial charge in [0.1, 0.15) is 12.4 Å². The molecule has 2 aromatic carbocycles. The molecule has 1 saturated heterocycles. The zero-order valence-electron chi connectivity index (χ0n) is 18.7. The third-order valence-electron chi connectivity index (χ3n) is 6.60. The average Bonchev–Trinajstić information content (AvgIpc) is 2.77. The first-order chi connectivity index (χ1) is 14.4. The SMILES string of the molecule is CC[C@@]1(C)C[C@](CC[NH2+]Cc2ccc(OC)c(OC)c2)(c2ccc(F)cc2)CCO1. The molecule has 4 nitrogen and oxygen atoms in total. The Labute approximate surface area is 179 Å². The van der Waals surface area contributed by atoms with Gasteiger partial charge >= 0.3 is 0 Å². The molecule has 1 aliphatic heterocycles. The van der Waals surface area contributed by atoms with E-state index < -0.39 is 0 Å². The number of hydrogen-bond donors (Lipinski definition) is 1. The Bertz CT molecular complexity index is 826. The van der Waals surface area contributed by atoms with Crippen molar-refractivity contribution in [2.75, 3.05) is 27.4 Å². The van der Waals surface area contributed by atoms with Gasteiger partial charge < -0.3 is 19.5 Å². The van der Waals surface area contributed by atoms with Gasteiger partial charge in [-0.1, -0.05) is 19.1 Å². The molecule has 1 heterocycles. The molecule has 1 aliphatic rings. The topological polar surface area (TPSA) is 44.3 Å². The van der Waals surface area contributed by atoms with E-state index in [1.807, 2.05) is 24.3 Å². The maximum Gasteiger partial charge on any atom is 0.161 e. The van der Waals surface area contributed by atoms with Crippen molar-refractivity contribution in [2.45, 2.75) is 57.1 Å². The van der Waals surface area contributed by atoms with E-state index in [0.717, 1.165) is 56.9 Å². The Balaban J connectivity index is 1.69. The molecule has 0 spiro atoms. The Kier molecular flexibility index (Phi) is 7.37. The van der Waals surface area contributed by atoms with Crippen molar-refractivity contribution in [1.82, 2.24) is 0 Å². The smallest absolute Gasteiger partial charge is 0.161 e. The first-order valence-electron chi connectivity index (χ1n) is 10.9. The van der Waals surface area contributed by atoms with Crippen LogP contribution in [0.2, 0.25) is 0 Å². The summed E-state index contributed by atoms with van der Waals surface area (Å²) in [6.07, 6.45) is 3.95. The number of halogens is 1. The van der Waals surface area contributed by atoms with E-state index in [0.29, 0.717) is 0 Å². The number of benzene rings is 2. The second-order valence-electron chi connectivity index (χ2n) is 8.59.